The molecular weight excluding hydrogens is 184 g/mol. The molecule has 0 radical (unpaired) electrons. The topological polar surface area (TPSA) is 66.5 Å². The lowest BCUT2D eigenvalue weighted by molar-refractivity contribution is -0.142. The van der Waals surface area contributed by atoms with Gasteiger partial charge in [0.1, 0.15) is 5.92 Å². The molecule has 1 aliphatic heterocycles. The fourth-order valence-electron chi connectivity index (χ4n) is 1.32. The van der Waals surface area contributed by atoms with Crippen LogP contribution >= 0.6 is 0 Å². The number of barbiturate groups is 1. The Morgan fingerprint density at radius 2 is 2.14 bits per heavy atom. The van der Waals surface area contributed by atoms with Gasteiger partial charge >= 0.3 is 6.03 Å². The van der Waals surface area contributed by atoms with Gasteiger partial charge in [0.05, 0.1) is 0 Å². The summed E-state index contributed by atoms with van der Waals surface area (Å²) in [6.07, 6.45) is 1.84. The predicted octanol–water partition coefficient (Wildman–Crippen LogP) is 0.277. The van der Waals surface area contributed by atoms with Gasteiger partial charge in [-0.2, -0.15) is 0 Å². The van der Waals surface area contributed by atoms with Crippen molar-refractivity contribution in [3.63, 3.8) is 0 Å². The van der Waals surface area contributed by atoms with E-state index in [9.17, 15) is 14.4 Å². The van der Waals surface area contributed by atoms with Crippen LogP contribution in [-0.4, -0.2) is 29.3 Å². The number of nitrogens with one attached hydrogen (secondary N) is 1. The Morgan fingerprint density at radius 3 is 2.64 bits per heavy atom. The molecule has 1 fully saturated rings. The van der Waals surface area contributed by atoms with Crippen molar-refractivity contribution in [1.82, 2.24) is 10.2 Å². The van der Waals surface area contributed by atoms with Gasteiger partial charge in [-0.3, -0.25) is 19.8 Å². The molecule has 0 aliphatic carbocycles. The molecule has 1 saturated heterocycles. The molecule has 5 nitrogen and oxygen atoms in total. The number of amides is 4. The zero-order chi connectivity index (χ0) is 10.7. The molecular formula is C9H12N2O3. The zero-order valence-corrected chi connectivity index (χ0v) is 7.95. The van der Waals surface area contributed by atoms with E-state index in [0.29, 0.717) is 6.42 Å². The number of carbonyl (C=O) groups excluding carboxylic acids is 3. The molecule has 14 heavy (non-hydrogen) atoms. The average Bonchev–Trinajstić information content (AvgIpc) is 2.12. The maximum atomic E-state index is 11.6. The van der Waals surface area contributed by atoms with Gasteiger partial charge in [-0.25, -0.2) is 4.79 Å². The Labute approximate surface area is 81.8 Å². The van der Waals surface area contributed by atoms with Crippen molar-refractivity contribution < 1.29 is 14.4 Å². The number of urea groups is 1. The summed E-state index contributed by atoms with van der Waals surface area (Å²) in [6, 6.07) is -0.662. The summed E-state index contributed by atoms with van der Waals surface area (Å²) in [4.78, 5) is 34.9. The third-order valence-corrected chi connectivity index (χ3v) is 2.08. The fourth-order valence-corrected chi connectivity index (χ4v) is 1.32. The quantitative estimate of drug-likeness (QED) is 0.520. The zero-order valence-electron chi connectivity index (χ0n) is 7.95. The normalized spacial score (nSPS) is 22.2. The van der Waals surface area contributed by atoms with E-state index >= 15 is 0 Å². The molecule has 0 aromatic carbocycles. The molecule has 0 spiro atoms. The molecule has 1 atom stereocenters. The third kappa shape index (κ3) is 1.66. The first-order valence-electron chi connectivity index (χ1n) is 4.39. The summed E-state index contributed by atoms with van der Waals surface area (Å²) in [5.41, 5.74) is 0. The highest BCUT2D eigenvalue weighted by atomic mass is 16.2. The highest BCUT2D eigenvalue weighted by Crippen LogP contribution is 2.13. The van der Waals surface area contributed by atoms with Crippen LogP contribution < -0.4 is 5.32 Å². The third-order valence-electron chi connectivity index (χ3n) is 2.08. The van der Waals surface area contributed by atoms with Gasteiger partial charge in [0.15, 0.2) is 0 Å². The number of rotatable bonds is 3. The molecule has 1 unspecified atom stereocenters. The summed E-state index contributed by atoms with van der Waals surface area (Å²) in [5, 5.41) is 2.13. The van der Waals surface area contributed by atoms with Crippen molar-refractivity contribution in [2.24, 2.45) is 5.92 Å². The van der Waals surface area contributed by atoms with Crippen LogP contribution in [0.25, 0.3) is 0 Å². The van der Waals surface area contributed by atoms with E-state index in [0.717, 1.165) is 4.90 Å². The monoisotopic (exact) mass is 196 g/mol. The number of hydrogen-bond acceptors (Lipinski definition) is 3. The first-order chi connectivity index (χ1) is 6.61. The van der Waals surface area contributed by atoms with Gasteiger partial charge < -0.3 is 0 Å². The van der Waals surface area contributed by atoms with Gasteiger partial charge in [0.2, 0.25) is 11.8 Å². The van der Waals surface area contributed by atoms with Crippen LogP contribution in [0.1, 0.15) is 13.3 Å². The SMILES string of the molecule is C=CCN1C(=O)NC(=O)C(CC)C1=O. The van der Waals surface area contributed by atoms with Gasteiger partial charge in [-0.15, -0.1) is 6.58 Å². The van der Waals surface area contributed by atoms with Crippen molar-refractivity contribution in [1.29, 1.82) is 0 Å². The largest absolute Gasteiger partial charge is 0.331 e. The standard InChI is InChI=1S/C9H12N2O3/c1-3-5-11-8(13)6(4-2)7(12)10-9(11)14/h3,6H,1,4-5H2,2H3,(H,10,12,14). The van der Waals surface area contributed by atoms with Crippen LogP contribution in [0.15, 0.2) is 12.7 Å². The molecule has 1 N–H and O–H groups in total. The minimum atomic E-state index is -0.743. The van der Waals surface area contributed by atoms with Crippen LogP contribution in [0, 0.1) is 5.92 Å². The van der Waals surface area contributed by atoms with Crippen LogP contribution in [0.5, 0.6) is 0 Å². The molecule has 1 heterocycles. The van der Waals surface area contributed by atoms with E-state index < -0.39 is 23.8 Å². The van der Waals surface area contributed by atoms with Crippen LogP contribution in [0.2, 0.25) is 0 Å². The molecule has 0 aromatic heterocycles. The molecule has 4 amide bonds. The second-order valence-corrected chi connectivity index (χ2v) is 2.99. The maximum absolute atomic E-state index is 11.6. The van der Waals surface area contributed by atoms with Gasteiger partial charge in [0, 0.05) is 6.54 Å². The minimum absolute atomic E-state index is 0.133. The number of imide groups is 2. The maximum Gasteiger partial charge on any atom is 0.331 e. The number of hydrogen-bond donors (Lipinski definition) is 1. The van der Waals surface area contributed by atoms with E-state index in [1.54, 1.807) is 6.92 Å². The van der Waals surface area contributed by atoms with Crippen LogP contribution in [0.4, 0.5) is 4.79 Å². The lowest BCUT2D eigenvalue weighted by Crippen LogP contribution is -2.57. The van der Waals surface area contributed by atoms with Gasteiger partial charge in [-0.1, -0.05) is 13.0 Å². The molecule has 1 aliphatic rings. The summed E-state index contributed by atoms with van der Waals surface area (Å²) in [6.45, 7) is 5.29. The lowest BCUT2D eigenvalue weighted by atomic mass is 10.0. The average molecular weight is 196 g/mol. The highest BCUT2D eigenvalue weighted by molar-refractivity contribution is 6.16. The molecule has 76 valence electrons. The summed E-state index contributed by atoms with van der Waals surface area (Å²) < 4.78 is 0. The first-order valence-corrected chi connectivity index (χ1v) is 4.39. The van der Waals surface area contributed by atoms with E-state index in [4.69, 9.17) is 0 Å². The van der Waals surface area contributed by atoms with E-state index in [1.165, 1.54) is 6.08 Å². The van der Waals surface area contributed by atoms with E-state index in [-0.39, 0.29) is 6.54 Å². The second kappa shape index (κ2) is 4.04. The summed E-state index contributed by atoms with van der Waals surface area (Å²) >= 11 is 0. The molecule has 0 aromatic rings. The van der Waals surface area contributed by atoms with Crippen LogP contribution in [-0.2, 0) is 9.59 Å². The van der Waals surface area contributed by atoms with Crippen molar-refractivity contribution in [3.8, 4) is 0 Å². The molecule has 0 bridgehead atoms. The molecule has 1 rings (SSSR count). The predicted molar refractivity (Wildman–Crippen MR) is 49.2 cm³/mol. The van der Waals surface area contributed by atoms with Crippen molar-refractivity contribution >= 4 is 17.8 Å². The molecule has 5 heteroatoms. The molecule has 0 saturated carbocycles. The Balaban J connectivity index is 2.87. The minimum Gasteiger partial charge on any atom is -0.277 e. The van der Waals surface area contributed by atoms with E-state index in [1.807, 2.05) is 0 Å². The Hall–Kier alpha value is -1.65. The Morgan fingerprint density at radius 1 is 1.50 bits per heavy atom. The van der Waals surface area contributed by atoms with Crippen molar-refractivity contribution in [2.75, 3.05) is 6.54 Å². The Kier molecular flexibility index (Phi) is 3.01. The van der Waals surface area contributed by atoms with Gasteiger partial charge in [-0.05, 0) is 6.42 Å². The number of nitrogens with zero attached hydrogens (tertiary/aromatic N) is 1. The number of carbonyl (C=O) groups is 3. The summed E-state index contributed by atoms with van der Waals surface area (Å²) in [5.74, 6) is -1.70. The van der Waals surface area contributed by atoms with Crippen molar-refractivity contribution in [3.05, 3.63) is 12.7 Å². The smallest absolute Gasteiger partial charge is 0.277 e. The second-order valence-electron chi connectivity index (χ2n) is 2.99. The highest BCUT2D eigenvalue weighted by Gasteiger charge is 2.38. The summed E-state index contributed by atoms with van der Waals surface area (Å²) in [7, 11) is 0. The van der Waals surface area contributed by atoms with Gasteiger partial charge in [0.25, 0.3) is 0 Å². The fraction of sp³-hybridized carbons (Fsp3) is 0.444. The van der Waals surface area contributed by atoms with Crippen LogP contribution in [0.3, 0.4) is 0 Å². The van der Waals surface area contributed by atoms with Crippen molar-refractivity contribution in [2.45, 2.75) is 13.3 Å². The lowest BCUT2D eigenvalue weighted by Gasteiger charge is -2.28. The van der Waals surface area contributed by atoms with E-state index in [2.05, 4.69) is 11.9 Å². The Bertz CT molecular complexity index is 298. The first kappa shape index (κ1) is 10.4.